The van der Waals surface area contributed by atoms with Crippen LogP contribution in [-0.2, 0) is 0 Å². The molecule has 0 amide bonds. The molecular formula is C12H17ClN3+. The lowest BCUT2D eigenvalue weighted by Crippen LogP contribution is -3.11. The maximum Gasteiger partial charge on any atom is 0.0964 e. The molecule has 86 valence electrons. The Labute approximate surface area is 101 Å². The van der Waals surface area contributed by atoms with E-state index >= 15 is 0 Å². The summed E-state index contributed by atoms with van der Waals surface area (Å²) in [5.41, 5.74) is 1.05. The summed E-state index contributed by atoms with van der Waals surface area (Å²) in [7, 11) is 2.22. The van der Waals surface area contributed by atoms with E-state index in [0.717, 1.165) is 36.8 Å². The van der Waals surface area contributed by atoms with Crippen molar-refractivity contribution in [1.82, 2.24) is 5.01 Å². The molecule has 1 N–H and O–H groups in total. The van der Waals surface area contributed by atoms with Gasteiger partial charge in [0.05, 0.1) is 39.4 Å². The van der Waals surface area contributed by atoms with Crippen LogP contribution in [0.25, 0.3) is 0 Å². The first-order valence-corrected chi connectivity index (χ1v) is 5.97. The van der Waals surface area contributed by atoms with Crippen LogP contribution in [0.5, 0.6) is 0 Å². The van der Waals surface area contributed by atoms with Crippen molar-refractivity contribution in [3.05, 3.63) is 34.9 Å². The molecule has 0 radical (unpaired) electrons. The topological polar surface area (TPSA) is 20.0 Å². The Morgan fingerprint density at radius 1 is 1.38 bits per heavy atom. The highest BCUT2D eigenvalue weighted by Crippen LogP contribution is 2.08. The summed E-state index contributed by atoms with van der Waals surface area (Å²) >= 11 is 5.91. The summed E-state index contributed by atoms with van der Waals surface area (Å²) in [6.45, 7) is 4.38. The van der Waals surface area contributed by atoms with E-state index in [-0.39, 0.29) is 0 Å². The van der Waals surface area contributed by atoms with Crippen LogP contribution in [0.3, 0.4) is 0 Å². The SMILES string of the molecule is C[NH+]1CCN(/N=C\c2cccc(Cl)c2)CC1. The maximum atomic E-state index is 5.91. The van der Waals surface area contributed by atoms with Crippen molar-refractivity contribution in [2.45, 2.75) is 0 Å². The van der Waals surface area contributed by atoms with Gasteiger partial charge in [-0.1, -0.05) is 23.7 Å². The number of nitrogens with zero attached hydrogens (tertiary/aromatic N) is 2. The number of benzene rings is 1. The van der Waals surface area contributed by atoms with Crippen LogP contribution in [-0.4, -0.2) is 44.5 Å². The second-order valence-corrected chi connectivity index (χ2v) is 4.65. The number of piperazine rings is 1. The molecular weight excluding hydrogens is 222 g/mol. The largest absolute Gasteiger partial charge is 0.334 e. The standard InChI is InChI=1S/C12H16ClN3/c1-15-5-7-16(8-6-15)14-10-11-3-2-4-12(13)9-11/h2-4,9-10H,5-8H2,1H3/p+1/b14-10-. The molecule has 2 rings (SSSR count). The normalized spacial score (nSPS) is 18.2. The van der Waals surface area contributed by atoms with Crippen molar-refractivity contribution in [2.75, 3.05) is 33.2 Å². The lowest BCUT2D eigenvalue weighted by molar-refractivity contribution is -0.884. The summed E-state index contributed by atoms with van der Waals surface area (Å²) in [5.74, 6) is 0. The highest BCUT2D eigenvalue weighted by molar-refractivity contribution is 6.30. The molecule has 0 aliphatic carbocycles. The van der Waals surface area contributed by atoms with Crippen LogP contribution in [0.1, 0.15) is 5.56 Å². The molecule has 0 unspecified atom stereocenters. The van der Waals surface area contributed by atoms with Crippen molar-refractivity contribution in [3.63, 3.8) is 0 Å². The molecule has 1 aliphatic rings. The van der Waals surface area contributed by atoms with Gasteiger partial charge in [0.25, 0.3) is 0 Å². The summed E-state index contributed by atoms with van der Waals surface area (Å²) in [6.07, 6.45) is 1.88. The zero-order chi connectivity index (χ0) is 11.4. The van der Waals surface area contributed by atoms with E-state index in [4.69, 9.17) is 11.6 Å². The summed E-state index contributed by atoms with van der Waals surface area (Å²) in [5, 5.41) is 7.34. The van der Waals surface area contributed by atoms with E-state index in [0.29, 0.717) is 0 Å². The van der Waals surface area contributed by atoms with Crippen molar-refractivity contribution < 1.29 is 4.90 Å². The van der Waals surface area contributed by atoms with Gasteiger partial charge in [0.2, 0.25) is 0 Å². The molecule has 0 bridgehead atoms. The fourth-order valence-corrected chi connectivity index (χ4v) is 1.93. The molecule has 1 fully saturated rings. The molecule has 4 heteroatoms. The number of likely N-dealkylation sites (N-methyl/N-ethyl adjacent to an activating group) is 1. The Balaban J connectivity index is 1.94. The smallest absolute Gasteiger partial charge is 0.0964 e. The minimum Gasteiger partial charge on any atom is -0.334 e. The summed E-state index contributed by atoms with van der Waals surface area (Å²) in [6, 6.07) is 7.75. The number of quaternary nitrogens is 1. The first-order valence-electron chi connectivity index (χ1n) is 5.60. The maximum absolute atomic E-state index is 5.91. The van der Waals surface area contributed by atoms with Gasteiger partial charge in [-0.15, -0.1) is 0 Å². The minimum atomic E-state index is 0.756. The lowest BCUT2D eigenvalue weighted by Gasteiger charge is -2.27. The molecule has 0 spiro atoms. The first kappa shape index (κ1) is 11.4. The Kier molecular flexibility index (Phi) is 3.80. The Morgan fingerprint density at radius 2 is 2.12 bits per heavy atom. The van der Waals surface area contributed by atoms with Gasteiger partial charge < -0.3 is 4.90 Å². The number of hydrogen-bond acceptors (Lipinski definition) is 2. The third-order valence-electron chi connectivity index (χ3n) is 2.81. The molecule has 0 saturated carbocycles. The molecule has 1 heterocycles. The van der Waals surface area contributed by atoms with Gasteiger partial charge in [-0.05, 0) is 17.7 Å². The predicted octanol–water partition coefficient (Wildman–Crippen LogP) is 0.504. The predicted molar refractivity (Wildman–Crippen MR) is 67.2 cm³/mol. The molecule has 1 saturated heterocycles. The zero-order valence-electron chi connectivity index (χ0n) is 9.49. The van der Waals surface area contributed by atoms with Gasteiger partial charge in [-0.25, -0.2) is 0 Å². The Bertz CT molecular complexity index is 370. The van der Waals surface area contributed by atoms with Gasteiger partial charge in [-0.2, -0.15) is 5.10 Å². The third-order valence-corrected chi connectivity index (χ3v) is 3.05. The van der Waals surface area contributed by atoms with Gasteiger partial charge in [0, 0.05) is 5.02 Å². The molecule has 0 aromatic heterocycles. The number of rotatable bonds is 2. The molecule has 0 atom stereocenters. The van der Waals surface area contributed by atoms with Crippen molar-refractivity contribution in [2.24, 2.45) is 5.10 Å². The van der Waals surface area contributed by atoms with E-state index in [1.54, 1.807) is 4.90 Å². The zero-order valence-corrected chi connectivity index (χ0v) is 10.2. The van der Waals surface area contributed by atoms with Crippen molar-refractivity contribution in [3.8, 4) is 0 Å². The fraction of sp³-hybridized carbons (Fsp3) is 0.417. The minimum absolute atomic E-state index is 0.756. The van der Waals surface area contributed by atoms with E-state index in [1.165, 1.54) is 0 Å². The Morgan fingerprint density at radius 3 is 2.81 bits per heavy atom. The number of hydrazone groups is 1. The molecule has 16 heavy (non-hydrogen) atoms. The summed E-state index contributed by atoms with van der Waals surface area (Å²) in [4.78, 5) is 1.58. The van der Waals surface area contributed by atoms with Crippen LogP contribution in [0, 0.1) is 0 Å². The van der Waals surface area contributed by atoms with Crippen LogP contribution in [0.15, 0.2) is 29.4 Å². The average Bonchev–Trinajstić information content (AvgIpc) is 2.28. The van der Waals surface area contributed by atoms with Crippen LogP contribution < -0.4 is 4.90 Å². The number of hydrogen-bond donors (Lipinski definition) is 1. The van der Waals surface area contributed by atoms with Gasteiger partial charge in [-0.3, -0.25) is 5.01 Å². The molecule has 1 aromatic rings. The molecule has 1 aliphatic heterocycles. The van der Waals surface area contributed by atoms with E-state index < -0.39 is 0 Å². The Hall–Kier alpha value is -1.06. The number of nitrogens with one attached hydrogen (secondary N) is 1. The first-order chi connectivity index (χ1) is 7.74. The van der Waals surface area contributed by atoms with Crippen LogP contribution >= 0.6 is 11.6 Å². The second-order valence-electron chi connectivity index (χ2n) is 4.21. The average molecular weight is 239 g/mol. The number of halogens is 1. The fourth-order valence-electron chi connectivity index (χ4n) is 1.73. The van der Waals surface area contributed by atoms with Crippen LogP contribution in [0.4, 0.5) is 0 Å². The van der Waals surface area contributed by atoms with Gasteiger partial charge in [0.1, 0.15) is 0 Å². The van der Waals surface area contributed by atoms with Crippen LogP contribution in [0.2, 0.25) is 5.02 Å². The summed E-state index contributed by atoms with van der Waals surface area (Å²) < 4.78 is 0. The lowest BCUT2D eigenvalue weighted by atomic mass is 10.2. The monoisotopic (exact) mass is 238 g/mol. The van der Waals surface area contributed by atoms with E-state index in [9.17, 15) is 0 Å². The third kappa shape index (κ3) is 3.22. The molecule has 3 nitrogen and oxygen atoms in total. The second kappa shape index (κ2) is 5.32. The highest BCUT2D eigenvalue weighted by Gasteiger charge is 2.13. The van der Waals surface area contributed by atoms with Gasteiger partial charge >= 0.3 is 0 Å². The van der Waals surface area contributed by atoms with Gasteiger partial charge in [0.15, 0.2) is 0 Å². The highest BCUT2D eigenvalue weighted by atomic mass is 35.5. The van der Waals surface area contributed by atoms with E-state index in [1.807, 2.05) is 30.5 Å². The molecule has 1 aromatic carbocycles. The van der Waals surface area contributed by atoms with Crippen molar-refractivity contribution in [1.29, 1.82) is 0 Å². The van der Waals surface area contributed by atoms with Crippen molar-refractivity contribution >= 4 is 17.8 Å². The quantitative estimate of drug-likeness (QED) is 0.745. The van der Waals surface area contributed by atoms with E-state index in [2.05, 4.69) is 17.2 Å².